The molecule has 1 fully saturated rings. The summed E-state index contributed by atoms with van der Waals surface area (Å²) in [6, 6.07) is 3.41. The van der Waals surface area contributed by atoms with Gasteiger partial charge in [0.05, 0.1) is 0 Å². The normalized spacial score (nSPS) is 20.3. The summed E-state index contributed by atoms with van der Waals surface area (Å²) >= 11 is 0. The van der Waals surface area contributed by atoms with Crippen molar-refractivity contribution in [3.63, 3.8) is 0 Å². The predicted molar refractivity (Wildman–Crippen MR) is 68.9 cm³/mol. The van der Waals surface area contributed by atoms with Gasteiger partial charge in [-0.25, -0.2) is 8.78 Å². The number of anilines is 1. The number of carbonyl (C=O) groups excluding carboxylic acids is 1. The Morgan fingerprint density at radius 3 is 2.95 bits per heavy atom. The van der Waals surface area contributed by atoms with Gasteiger partial charge in [-0.15, -0.1) is 0 Å². The molecule has 1 unspecified atom stereocenters. The van der Waals surface area contributed by atoms with Crippen LogP contribution in [0.15, 0.2) is 18.2 Å². The molecule has 0 aliphatic carbocycles. The van der Waals surface area contributed by atoms with Crippen LogP contribution >= 0.6 is 0 Å². The fourth-order valence-corrected chi connectivity index (χ4v) is 2.14. The summed E-state index contributed by atoms with van der Waals surface area (Å²) in [4.78, 5) is 13.9. The van der Waals surface area contributed by atoms with E-state index in [9.17, 15) is 13.6 Å². The van der Waals surface area contributed by atoms with Crippen molar-refractivity contribution in [3.05, 3.63) is 29.8 Å². The molecular weight excluding hydrogens is 252 g/mol. The maximum absolute atomic E-state index is 13.0. The van der Waals surface area contributed by atoms with Gasteiger partial charge in [-0.05, 0) is 19.2 Å². The molecular formula is C13H17F2N3O. The molecule has 2 N–H and O–H groups in total. The molecule has 2 rings (SSSR count). The zero-order valence-electron chi connectivity index (χ0n) is 10.7. The molecule has 1 aromatic rings. The molecule has 0 bridgehead atoms. The molecule has 104 valence electrons. The van der Waals surface area contributed by atoms with Gasteiger partial charge in [-0.1, -0.05) is 0 Å². The predicted octanol–water partition coefficient (Wildman–Crippen LogP) is 1.20. The third kappa shape index (κ3) is 3.97. The van der Waals surface area contributed by atoms with Crippen molar-refractivity contribution in [2.75, 3.05) is 32.0 Å². The lowest BCUT2D eigenvalue weighted by molar-refractivity contribution is -0.116. The van der Waals surface area contributed by atoms with Gasteiger partial charge in [-0.2, -0.15) is 0 Å². The van der Waals surface area contributed by atoms with Crippen LogP contribution in [0.4, 0.5) is 14.5 Å². The number of amides is 1. The van der Waals surface area contributed by atoms with E-state index in [-0.39, 0.29) is 17.6 Å². The summed E-state index contributed by atoms with van der Waals surface area (Å²) in [5.74, 6) is -2.10. The Kier molecular flexibility index (Phi) is 4.44. The number of hydrogen-bond acceptors (Lipinski definition) is 3. The van der Waals surface area contributed by atoms with Gasteiger partial charge in [0.15, 0.2) is 11.6 Å². The van der Waals surface area contributed by atoms with Gasteiger partial charge >= 0.3 is 0 Å². The Hall–Kier alpha value is -1.53. The quantitative estimate of drug-likeness (QED) is 0.866. The summed E-state index contributed by atoms with van der Waals surface area (Å²) < 4.78 is 25.7. The summed E-state index contributed by atoms with van der Waals surface area (Å²) in [6.07, 6.45) is 0.309. The van der Waals surface area contributed by atoms with E-state index in [4.69, 9.17) is 0 Å². The molecule has 0 aromatic heterocycles. The number of benzene rings is 1. The minimum Gasteiger partial charge on any atom is -0.326 e. The molecule has 0 radical (unpaired) electrons. The van der Waals surface area contributed by atoms with E-state index in [1.165, 1.54) is 6.07 Å². The van der Waals surface area contributed by atoms with Crippen molar-refractivity contribution in [2.24, 2.45) is 0 Å². The van der Waals surface area contributed by atoms with Crippen LogP contribution in [-0.2, 0) is 4.79 Å². The van der Waals surface area contributed by atoms with Crippen molar-refractivity contribution in [1.82, 2.24) is 10.2 Å². The van der Waals surface area contributed by atoms with Crippen LogP contribution in [0.2, 0.25) is 0 Å². The van der Waals surface area contributed by atoms with Crippen LogP contribution in [0.5, 0.6) is 0 Å². The van der Waals surface area contributed by atoms with Crippen molar-refractivity contribution < 1.29 is 13.6 Å². The highest BCUT2D eigenvalue weighted by molar-refractivity contribution is 5.91. The van der Waals surface area contributed by atoms with E-state index < -0.39 is 11.6 Å². The van der Waals surface area contributed by atoms with Crippen LogP contribution in [0.1, 0.15) is 6.42 Å². The van der Waals surface area contributed by atoms with Crippen LogP contribution < -0.4 is 10.6 Å². The molecule has 1 aliphatic heterocycles. The zero-order valence-corrected chi connectivity index (χ0v) is 10.7. The number of carbonyl (C=O) groups is 1. The first-order chi connectivity index (χ1) is 9.04. The summed E-state index contributed by atoms with van der Waals surface area (Å²) in [5, 5.41) is 5.82. The second kappa shape index (κ2) is 6.08. The minimum atomic E-state index is -0.965. The second-order valence-electron chi connectivity index (χ2n) is 4.79. The third-order valence-corrected chi connectivity index (χ3v) is 3.09. The Morgan fingerprint density at radius 2 is 2.26 bits per heavy atom. The molecule has 1 amide bonds. The lowest BCUT2D eigenvalue weighted by Crippen LogP contribution is -2.50. The average Bonchev–Trinajstić information content (AvgIpc) is 2.34. The van der Waals surface area contributed by atoms with Crippen molar-refractivity contribution in [1.29, 1.82) is 0 Å². The lowest BCUT2D eigenvalue weighted by atomic mass is 10.1. The van der Waals surface area contributed by atoms with Gasteiger partial charge in [0.2, 0.25) is 5.91 Å². The number of rotatable bonds is 3. The van der Waals surface area contributed by atoms with Gasteiger partial charge in [0.1, 0.15) is 0 Å². The van der Waals surface area contributed by atoms with E-state index in [1.807, 2.05) is 7.05 Å². The van der Waals surface area contributed by atoms with Crippen LogP contribution in [0.25, 0.3) is 0 Å². The van der Waals surface area contributed by atoms with Crippen LogP contribution in [0, 0.1) is 11.6 Å². The first-order valence-corrected chi connectivity index (χ1v) is 6.21. The summed E-state index contributed by atoms with van der Waals surface area (Å²) in [5.41, 5.74) is 0.271. The van der Waals surface area contributed by atoms with E-state index in [1.54, 1.807) is 0 Å². The Morgan fingerprint density at radius 1 is 1.47 bits per heavy atom. The number of nitrogens with one attached hydrogen (secondary N) is 2. The molecule has 1 saturated heterocycles. The molecule has 1 atom stereocenters. The summed E-state index contributed by atoms with van der Waals surface area (Å²) in [7, 11) is 2.00. The van der Waals surface area contributed by atoms with E-state index in [0.29, 0.717) is 6.42 Å². The minimum absolute atomic E-state index is 0.0871. The molecule has 4 nitrogen and oxygen atoms in total. The zero-order chi connectivity index (χ0) is 13.8. The topological polar surface area (TPSA) is 44.4 Å². The Bertz CT molecular complexity index is 467. The highest BCUT2D eigenvalue weighted by atomic mass is 19.2. The van der Waals surface area contributed by atoms with Crippen LogP contribution in [0.3, 0.4) is 0 Å². The fraction of sp³-hybridized carbons (Fsp3) is 0.462. The standard InChI is InChI=1S/C13H17F2N3O/c1-18-5-4-16-10(8-18)7-13(19)17-9-2-3-11(14)12(15)6-9/h2-3,6,10,16H,4-5,7-8H2,1H3,(H,17,19). The smallest absolute Gasteiger partial charge is 0.225 e. The molecule has 0 spiro atoms. The molecule has 1 aliphatic rings. The van der Waals surface area contributed by atoms with E-state index in [0.717, 1.165) is 31.8 Å². The first kappa shape index (κ1) is 13.9. The maximum Gasteiger partial charge on any atom is 0.225 e. The first-order valence-electron chi connectivity index (χ1n) is 6.21. The maximum atomic E-state index is 13.0. The highest BCUT2D eigenvalue weighted by Gasteiger charge is 2.19. The number of likely N-dealkylation sites (N-methyl/N-ethyl adjacent to an activating group) is 1. The monoisotopic (exact) mass is 269 g/mol. The molecule has 1 heterocycles. The molecule has 1 aromatic carbocycles. The average molecular weight is 269 g/mol. The van der Waals surface area contributed by atoms with Crippen LogP contribution in [-0.4, -0.2) is 43.5 Å². The van der Waals surface area contributed by atoms with Gasteiger partial charge < -0.3 is 15.5 Å². The van der Waals surface area contributed by atoms with E-state index >= 15 is 0 Å². The fourth-order valence-electron chi connectivity index (χ4n) is 2.14. The number of nitrogens with zero attached hydrogens (tertiary/aromatic N) is 1. The largest absolute Gasteiger partial charge is 0.326 e. The number of piperazine rings is 1. The number of hydrogen-bond donors (Lipinski definition) is 2. The number of halogens is 2. The van der Waals surface area contributed by atoms with Crippen molar-refractivity contribution in [3.8, 4) is 0 Å². The molecule has 6 heteroatoms. The van der Waals surface area contributed by atoms with Crippen molar-refractivity contribution in [2.45, 2.75) is 12.5 Å². The summed E-state index contributed by atoms with van der Waals surface area (Å²) in [6.45, 7) is 2.60. The van der Waals surface area contributed by atoms with Gasteiger partial charge in [0, 0.05) is 43.9 Å². The Labute approximate surface area is 110 Å². The third-order valence-electron chi connectivity index (χ3n) is 3.09. The lowest BCUT2D eigenvalue weighted by Gasteiger charge is -2.30. The Balaban J connectivity index is 1.88. The van der Waals surface area contributed by atoms with Gasteiger partial charge in [-0.3, -0.25) is 4.79 Å². The second-order valence-corrected chi connectivity index (χ2v) is 4.79. The SMILES string of the molecule is CN1CCNC(CC(=O)Nc2ccc(F)c(F)c2)C1. The van der Waals surface area contributed by atoms with Crippen molar-refractivity contribution >= 4 is 11.6 Å². The molecule has 19 heavy (non-hydrogen) atoms. The van der Waals surface area contributed by atoms with E-state index in [2.05, 4.69) is 15.5 Å². The highest BCUT2D eigenvalue weighted by Crippen LogP contribution is 2.13. The van der Waals surface area contributed by atoms with Gasteiger partial charge in [0.25, 0.3) is 0 Å². The molecule has 0 saturated carbocycles.